The van der Waals surface area contributed by atoms with Crippen LogP contribution in [0, 0.1) is 0 Å². The predicted octanol–water partition coefficient (Wildman–Crippen LogP) is 3.39. The van der Waals surface area contributed by atoms with Gasteiger partial charge in [0.05, 0.1) is 5.56 Å². The van der Waals surface area contributed by atoms with Gasteiger partial charge in [-0.2, -0.15) is 0 Å². The van der Waals surface area contributed by atoms with Gasteiger partial charge in [0, 0.05) is 11.5 Å². The lowest BCUT2D eigenvalue weighted by Gasteiger charge is -2.11. The Labute approximate surface area is 120 Å². The van der Waals surface area contributed by atoms with Crippen molar-refractivity contribution < 1.29 is 9.53 Å². The predicted molar refractivity (Wildman–Crippen MR) is 78.3 cm³/mol. The van der Waals surface area contributed by atoms with Gasteiger partial charge in [0.2, 0.25) is 0 Å². The highest BCUT2D eigenvalue weighted by Crippen LogP contribution is 2.24. The summed E-state index contributed by atoms with van der Waals surface area (Å²) in [7, 11) is 1.60. The Morgan fingerprint density at radius 1 is 1.21 bits per heavy atom. The first-order valence-corrected chi connectivity index (χ1v) is 6.68. The number of ether oxygens (including phenoxy) is 1. The zero-order valence-electron chi connectivity index (χ0n) is 10.5. The van der Waals surface area contributed by atoms with Gasteiger partial charge < -0.3 is 10.1 Å². The van der Waals surface area contributed by atoms with Crippen LogP contribution in [0.4, 0.5) is 0 Å². The molecule has 0 radical (unpaired) electrons. The molecule has 19 heavy (non-hydrogen) atoms. The molecule has 0 aromatic heterocycles. The van der Waals surface area contributed by atoms with Crippen molar-refractivity contribution in [1.82, 2.24) is 5.32 Å². The second-order valence-electron chi connectivity index (χ2n) is 3.99. The zero-order valence-corrected chi connectivity index (χ0v) is 12.1. The van der Waals surface area contributed by atoms with Crippen LogP contribution in [0.3, 0.4) is 0 Å². The van der Waals surface area contributed by atoms with Crippen LogP contribution in [0.1, 0.15) is 15.9 Å². The van der Waals surface area contributed by atoms with Crippen molar-refractivity contribution in [1.29, 1.82) is 0 Å². The second kappa shape index (κ2) is 6.38. The smallest absolute Gasteiger partial charge is 0.254 e. The van der Waals surface area contributed by atoms with Gasteiger partial charge in [-0.05, 0) is 23.8 Å². The van der Waals surface area contributed by atoms with E-state index in [-0.39, 0.29) is 5.91 Å². The first kappa shape index (κ1) is 13.6. The number of carbonyl (C=O) groups is 1. The fraction of sp³-hybridized carbons (Fsp3) is 0.133. The Bertz CT molecular complexity index is 570. The fourth-order valence-electron chi connectivity index (χ4n) is 1.68. The first-order valence-electron chi connectivity index (χ1n) is 5.89. The minimum atomic E-state index is -0.163. The minimum absolute atomic E-state index is 0.163. The van der Waals surface area contributed by atoms with Crippen LogP contribution in [-0.2, 0) is 6.61 Å². The van der Waals surface area contributed by atoms with Gasteiger partial charge in [-0.3, -0.25) is 4.79 Å². The topological polar surface area (TPSA) is 38.3 Å². The largest absolute Gasteiger partial charge is 0.488 e. The molecule has 0 aliphatic carbocycles. The molecule has 2 rings (SSSR count). The van der Waals surface area contributed by atoms with Crippen molar-refractivity contribution in [2.24, 2.45) is 0 Å². The van der Waals surface area contributed by atoms with E-state index in [2.05, 4.69) is 21.2 Å². The van der Waals surface area contributed by atoms with Gasteiger partial charge in [-0.1, -0.05) is 46.3 Å². The molecule has 1 amide bonds. The van der Waals surface area contributed by atoms with Gasteiger partial charge in [0.25, 0.3) is 5.91 Å². The van der Waals surface area contributed by atoms with Crippen molar-refractivity contribution in [3.8, 4) is 5.75 Å². The van der Waals surface area contributed by atoms with Crippen LogP contribution < -0.4 is 10.1 Å². The lowest BCUT2D eigenvalue weighted by molar-refractivity contribution is 0.0958. The number of amides is 1. The zero-order chi connectivity index (χ0) is 13.7. The standard InChI is InChI=1S/C15H14BrNO2/c1-17-15(18)13-9-12(16)7-8-14(13)19-10-11-5-3-2-4-6-11/h2-9H,10H2,1H3,(H,17,18). The van der Waals surface area contributed by atoms with E-state index in [9.17, 15) is 4.79 Å². The molecule has 0 fully saturated rings. The van der Waals surface area contributed by atoms with Gasteiger partial charge in [0.15, 0.2) is 0 Å². The molecule has 2 aromatic rings. The third-order valence-corrected chi connectivity index (χ3v) is 3.14. The summed E-state index contributed by atoms with van der Waals surface area (Å²) in [6.45, 7) is 0.437. The molecule has 4 heteroatoms. The highest BCUT2D eigenvalue weighted by molar-refractivity contribution is 9.10. The third kappa shape index (κ3) is 3.58. The molecule has 0 heterocycles. The number of halogens is 1. The van der Waals surface area contributed by atoms with Crippen molar-refractivity contribution in [2.75, 3.05) is 7.05 Å². The summed E-state index contributed by atoms with van der Waals surface area (Å²) in [6, 6.07) is 15.2. The molecule has 0 spiro atoms. The normalized spacial score (nSPS) is 10.0. The fourth-order valence-corrected chi connectivity index (χ4v) is 2.04. The van der Waals surface area contributed by atoms with Crippen molar-refractivity contribution in [3.05, 3.63) is 64.1 Å². The van der Waals surface area contributed by atoms with Crippen molar-refractivity contribution >= 4 is 21.8 Å². The van der Waals surface area contributed by atoms with Crippen LogP contribution in [0.15, 0.2) is 53.0 Å². The number of carbonyl (C=O) groups excluding carboxylic acids is 1. The van der Waals surface area contributed by atoms with Gasteiger partial charge >= 0.3 is 0 Å². The summed E-state index contributed by atoms with van der Waals surface area (Å²) in [5.41, 5.74) is 1.58. The lowest BCUT2D eigenvalue weighted by atomic mass is 10.2. The molecule has 0 bridgehead atoms. The molecule has 0 aliphatic rings. The van der Waals surface area contributed by atoms with E-state index < -0.39 is 0 Å². The molecule has 0 atom stereocenters. The maximum Gasteiger partial charge on any atom is 0.254 e. The monoisotopic (exact) mass is 319 g/mol. The van der Waals surface area contributed by atoms with Crippen molar-refractivity contribution in [2.45, 2.75) is 6.61 Å². The average Bonchev–Trinajstić information content (AvgIpc) is 2.46. The third-order valence-electron chi connectivity index (χ3n) is 2.65. The molecule has 0 aliphatic heterocycles. The van der Waals surface area contributed by atoms with E-state index >= 15 is 0 Å². The molecular weight excluding hydrogens is 306 g/mol. The Morgan fingerprint density at radius 3 is 2.63 bits per heavy atom. The molecule has 98 valence electrons. The summed E-state index contributed by atoms with van der Waals surface area (Å²) in [5, 5.41) is 2.61. The van der Waals surface area contributed by atoms with Crippen LogP contribution >= 0.6 is 15.9 Å². The molecule has 0 saturated heterocycles. The highest BCUT2D eigenvalue weighted by atomic mass is 79.9. The van der Waals surface area contributed by atoms with E-state index in [1.807, 2.05) is 36.4 Å². The molecular formula is C15H14BrNO2. The van der Waals surface area contributed by atoms with E-state index in [0.29, 0.717) is 17.9 Å². The van der Waals surface area contributed by atoms with E-state index in [4.69, 9.17) is 4.74 Å². The molecule has 3 nitrogen and oxygen atoms in total. The SMILES string of the molecule is CNC(=O)c1cc(Br)ccc1OCc1ccccc1. The van der Waals surface area contributed by atoms with E-state index in [1.165, 1.54) is 0 Å². The van der Waals surface area contributed by atoms with E-state index in [1.54, 1.807) is 19.2 Å². The molecule has 0 unspecified atom stereocenters. The summed E-state index contributed by atoms with van der Waals surface area (Å²) in [5.74, 6) is 0.413. The summed E-state index contributed by atoms with van der Waals surface area (Å²) < 4.78 is 6.57. The number of nitrogens with one attached hydrogen (secondary N) is 1. The van der Waals surface area contributed by atoms with Crippen LogP contribution in [0.5, 0.6) is 5.75 Å². The quantitative estimate of drug-likeness (QED) is 0.938. The van der Waals surface area contributed by atoms with Crippen LogP contribution in [-0.4, -0.2) is 13.0 Å². The van der Waals surface area contributed by atoms with Crippen molar-refractivity contribution in [3.63, 3.8) is 0 Å². The Balaban J connectivity index is 2.18. The van der Waals surface area contributed by atoms with Crippen LogP contribution in [0.25, 0.3) is 0 Å². The number of hydrogen-bond acceptors (Lipinski definition) is 2. The summed E-state index contributed by atoms with van der Waals surface area (Å²) in [4.78, 5) is 11.8. The Kier molecular flexibility index (Phi) is 4.58. The molecule has 0 saturated carbocycles. The van der Waals surface area contributed by atoms with Gasteiger partial charge in [-0.25, -0.2) is 0 Å². The van der Waals surface area contributed by atoms with E-state index in [0.717, 1.165) is 10.0 Å². The number of rotatable bonds is 4. The number of benzene rings is 2. The lowest BCUT2D eigenvalue weighted by Crippen LogP contribution is -2.18. The van der Waals surface area contributed by atoms with Crippen LogP contribution in [0.2, 0.25) is 0 Å². The second-order valence-corrected chi connectivity index (χ2v) is 4.91. The molecule has 1 N–H and O–H groups in total. The number of hydrogen-bond donors (Lipinski definition) is 1. The Hall–Kier alpha value is -1.81. The summed E-state index contributed by atoms with van der Waals surface area (Å²) >= 11 is 3.35. The maximum atomic E-state index is 11.8. The average molecular weight is 320 g/mol. The first-order chi connectivity index (χ1) is 9.20. The minimum Gasteiger partial charge on any atom is -0.488 e. The van der Waals surface area contributed by atoms with Gasteiger partial charge in [-0.15, -0.1) is 0 Å². The van der Waals surface area contributed by atoms with Gasteiger partial charge in [0.1, 0.15) is 12.4 Å². The summed E-state index contributed by atoms with van der Waals surface area (Å²) in [6.07, 6.45) is 0. The Morgan fingerprint density at radius 2 is 1.95 bits per heavy atom. The maximum absolute atomic E-state index is 11.8. The molecule has 2 aromatic carbocycles. The highest BCUT2D eigenvalue weighted by Gasteiger charge is 2.11.